The van der Waals surface area contributed by atoms with Crippen molar-refractivity contribution in [1.29, 1.82) is 0 Å². The molecular weight excluding hydrogens is 396 g/mol. The molecule has 1 saturated heterocycles. The number of likely N-dealkylation sites (tertiary alicyclic amines) is 1. The molecule has 0 bridgehead atoms. The lowest BCUT2D eigenvalue weighted by molar-refractivity contribution is -0.136. The molecule has 4 atom stereocenters. The fraction of sp³-hybridized carbons (Fsp3) is 0.321. The van der Waals surface area contributed by atoms with Gasteiger partial charge in [-0.1, -0.05) is 90.5 Å². The van der Waals surface area contributed by atoms with E-state index in [9.17, 15) is 9.90 Å². The number of hydrogen-bond donors (Lipinski definition) is 2. The maximum Gasteiger partial charge on any atom is 0.261 e. The summed E-state index contributed by atoms with van der Waals surface area (Å²) >= 11 is 0. The van der Waals surface area contributed by atoms with Crippen molar-refractivity contribution < 1.29 is 9.90 Å². The van der Waals surface area contributed by atoms with Crippen LogP contribution in [0.1, 0.15) is 22.3 Å². The van der Waals surface area contributed by atoms with E-state index in [2.05, 4.69) is 40.5 Å². The fourth-order valence-corrected chi connectivity index (χ4v) is 5.25. The van der Waals surface area contributed by atoms with Gasteiger partial charge in [0.1, 0.15) is 0 Å². The van der Waals surface area contributed by atoms with E-state index in [1.54, 1.807) is 0 Å². The summed E-state index contributed by atoms with van der Waals surface area (Å²) in [5.41, 5.74) is 1.93. The normalized spacial score (nSPS) is 23.9. The Hall–Kier alpha value is -2.95. The van der Waals surface area contributed by atoms with E-state index in [1.165, 1.54) is 5.56 Å². The number of nitrogens with one attached hydrogen (secondary N) is 1. The molecule has 1 amide bonds. The molecule has 1 aliphatic heterocycles. The summed E-state index contributed by atoms with van der Waals surface area (Å²) in [5, 5.41) is 14.7. The molecule has 1 saturated carbocycles. The molecule has 4 heteroatoms. The summed E-state index contributed by atoms with van der Waals surface area (Å²) in [7, 11) is 0. The number of carbonyl (C=O) groups is 1. The number of aliphatic hydroxyl groups is 1. The quantitative estimate of drug-likeness (QED) is 0.605. The van der Waals surface area contributed by atoms with Crippen molar-refractivity contribution in [2.45, 2.75) is 19.1 Å². The van der Waals surface area contributed by atoms with Gasteiger partial charge in [-0.2, -0.15) is 0 Å². The Kier molecular flexibility index (Phi) is 5.58. The van der Waals surface area contributed by atoms with Crippen molar-refractivity contribution in [2.24, 2.45) is 17.8 Å². The first-order valence-electron chi connectivity index (χ1n) is 11.5. The highest BCUT2D eigenvalue weighted by atomic mass is 16.3. The molecule has 5 rings (SSSR count). The maximum absolute atomic E-state index is 13.3. The Morgan fingerprint density at radius 3 is 2.09 bits per heavy atom. The van der Waals surface area contributed by atoms with E-state index in [-0.39, 0.29) is 5.91 Å². The highest BCUT2D eigenvalue weighted by molar-refractivity contribution is 5.90. The number of aryl methyl sites for hydroxylation is 1. The Morgan fingerprint density at radius 2 is 1.47 bits per heavy atom. The van der Waals surface area contributed by atoms with Gasteiger partial charge in [0.15, 0.2) is 5.60 Å². The molecule has 1 heterocycles. The number of benzene rings is 3. The Morgan fingerprint density at radius 1 is 0.906 bits per heavy atom. The second-order valence-corrected chi connectivity index (χ2v) is 9.32. The molecular formula is C28H30N2O2. The van der Waals surface area contributed by atoms with E-state index in [4.69, 9.17) is 0 Å². The average Bonchev–Trinajstić information content (AvgIpc) is 3.28. The summed E-state index contributed by atoms with van der Waals surface area (Å²) in [5.74, 6) is 1.44. The number of hydrogen-bond acceptors (Lipinski definition) is 3. The summed E-state index contributed by atoms with van der Waals surface area (Å²) in [4.78, 5) is 15.8. The smallest absolute Gasteiger partial charge is 0.261 e. The van der Waals surface area contributed by atoms with Gasteiger partial charge < -0.3 is 10.4 Å². The maximum atomic E-state index is 13.3. The molecule has 1 unspecified atom stereocenters. The van der Waals surface area contributed by atoms with Gasteiger partial charge in [0.25, 0.3) is 5.91 Å². The van der Waals surface area contributed by atoms with E-state index in [1.807, 2.05) is 61.5 Å². The number of piperidine rings is 1. The zero-order valence-corrected chi connectivity index (χ0v) is 18.4. The molecule has 3 aromatic rings. The van der Waals surface area contributed by atoms with E-state index in [0.29, 0.717) is 35.4 Å². The summed E-state index contributed by atoms with van der Waals surface area (Å²) in [6.07, 6.45) is 0. The highest BCUT2D eigenvalue weighted by Crippen LogP contribution is 2.51. The standard InChI is InChI=1S/C28H30N2O2/c1-20-12-14-23(15-13-20)28(32,22-10-6-3-7-11-22)27(31)29-16-24-25-18-30(19-26(24)25)17-21-8-4-2-5-9-21/h2-15,24-26,32H,16-19H2,1H3,(H,29,31)/t24?,25-,26+,28-/m0/s1. The minimum atomic E-state index is -1.70. The number of amides is 1. The molecule has 4 nitrogen and oxygen atoms in total. The number of rotatable bonds is 7. The number of nitrogens with zero attached hydrogens (tertiary/aromatic N) is 1. The van der Waals surface area contributed by atoms with Crippen LogP contribution in [0.25, 0.3) is 0 Å². The third-order valence-electron chi connectivity index (χ3n) is 7.18. The summed E-state index contributed by atoms with van der Waals surface area (Å²) in [6, 6.07) is 27.4. The number of fused-ring (bicyclic) bond motifs is 1. The average molecular weight is 427 g/mol. The van der Waals surface area contributed by atoms with Crippen LogP contribution in [0.3, 0.4) is 0 Å². The lowest BCUT2D eigenvalue weighted by atomic mass is 9.85. The largest absolute Gasteiger partial charge is 0.372 e. The van der Waals surface area contributed by atoms with Crippen LogP contribution in [0.5, 0.6) is 0 Å². The fourth-order valence-electron chi connectivity index (χ4n) is 5.25. The van der Waals surface area contributed by atoms with E-state index < -0.39 is 5.60 Å². The van der Waals surface area contributed by atoms with Crippen LogP contribution in [-0.2, 0) is 16.9 Å². The molecule has 0 spiro atoms. The van der Waals surface area contributed by atoms with Gasteiger partial charge in [-0.05, 0) is 41.4 Å². The zero-order valence-electron chi connectivity index (χ0n) is 18.4. The lowest BCUT2D eigenvalue weighted by Gasteiger charge is -2.28. The van der Waals surface area contributed by atoms with Crippen molar-refractivity contribution >= 4 is 5.91 Å². The molecule has 164 valence electrons. The SMILES string of the molecule is Cc1ccc([C@](O)(C(=O)NCC2[C@H]3CN(Cc4ccccc4)C[C@@H]23)c2ccccc2)cc1. The molecule has 0 aromatic heterocycles. The second kappa shape index (κ2) is 8.53. The van der Waals surface area contributed by atoms with Gasteiger partial charge in [0.05, 0.1) is 0 Å². The van der Waals surface area contributed by atoms with Crippen LogP contribution in [0.15, 0.2) is 84.9 Å². The molecule has 1 aliphatic carbocycles. The summed E-state index contributed by atoms with van der Waals surface area (Å²) < 4.78 is 0. The molecule has 0 radical (unpaired) electrons. The minimum absolute atomic E-state index is 0.348. The first-order chi connectivity index (χ1) is 15.6. The number of carbonyl (C=O) groups excluding carboxylic acids is 1. The van der Waals surface area contributed by atoms with Crippen molar-refractivity contribution in [2.75, 3.05) is 19.6 Å². The van der Waals surface area contributed by atoms with Crippen molar-refractivity contribution in [3.05, 3.63) is 107 Å². The van der Waals surface area contributed by atoms with Crippen molar-refractivity contribution in [3.8, 4) is 0 Å². The second-order valence-electron chi connectivity index (χ2n) is 9.32. The van der Waals surface area contributed by atoms with Crippen LogP contribution in [-0.4, -0.2) is 35.5 Å². The predicted molar refractivity (Wildman–Crippen MR) is 126 cm³/mol. The van der Waals surface area contributed by atoms with Gasteiger partial charge in [0.2, 0.25) is 0 Å². The first kappa shape index (κ1) is 20.9. The topological polar surface area (TPSA) is 52.6 Å². The van der Waals surface area contributed by atoms with E-state index >= 15 is 0 Å². The first-order valence-corrected chi connectivity index (χ1v) is 11.5. The van der Waals surface area contributed by atoms with E-state index in [0.717, 1.165) is 25.2 Å². The monoisotopic (exact) mass is 426 g/mol. The minimum Gasteiger partial charge on any atom is -0.372 e. The molecule has 3 aromatic carbocycles. The molecule has 2 aliphatic rings. The highest BCUT2D eigenvalue weighted by Gasteiger charge is 2.55. The van der Waals surface area contributed by atoms with Gasteiger partial charge in [-0.25, -0.2) is 0 Å². The van der Waals surface area contributed by atoms with Gasteiger partial charge >= 0.3 is 0 Å². The van der Waals surface area contributed by atoms with Crippen LogP contribution in [0.2, 0.25) is 0 Å². The lowest BCUT2D eigenvalue weighted by Crippen LogP contribution is -2.46. The Balaban J connectivity index is 1.23. The van der Waals surface area contributed by atoms with Crippen molar-refractivity contribution in [1.82, 2.24) is 10.2 Å². The van der Waals surface area contributed by atoms with Gasteiger partial charge in [-0.15, -0.1) is 0 Å². The third kappa shape index (κ3) is 3.96. The van der Waals surface area contributed by atoms with Crippen LogP contribution in [0, 0.1) is 24.7 Å². The van der Waals surface area contributed by atoms with Crippen LogP contribution < -0.4 is 5.32 Å². The van der Waals surface area contributed by atoms with Gasteiger partial charge in [-0.3, -0.25) is 9.69 Å². The van der Waals surface area contributed by atoms with Crippen LogP contribution in [0.4, 0.5) is 0 Å². The molecule has 2 N–H and O–H groups in total. The summed E-state index contributed by atoms with van der Waals surface area (Å²) in [6.45, 7) is 5.78. The van der Waals surface area contributed by atoms with Gasteiger partial charge in [0, 0.05) is 26.2 Å². The molecule has 2 fully saturated rings. The Bertz CT molecular complexity index is 1060. The Labute approximate surface area is 189 Å². The third-order valence-corrected chi connectivity index (χ3v) is 7.18. The van der Waals surface area contributed by atoms with Crippen molar-refractivity contribution in [3.63, 3.8) is 0 Å². The van der Waals surface area contributed by atoms with Crippen LogP contribution >= 0.6 is 0 Å². The zero-order chi connectivity index (χ0) is 22.1. The predicted octanol–water partition coefficient (Wildman–Crippen LogP) is 3.73. The molecule has 32 heavy (non-hydrogen) atoms.